The maximum Gasteiger partial charge on any atom is 0.256 e. The first-order valence-corrected chi connectivity index (χ1v) is 9.15. The van der Waals surface area contributed by atoms with Crippen molar-refractivity contribution in [3.8, 4) is 0 Å². The van der Waals surface area contributed by atoms with Crippen LogP contribution in [0.5, 0.6) is 0 Å². The molecule has 3 rings (SSSR count). The molecule has 24 heavy (non-hydrogen) atoms. The molecule has 2 atom stereocenters. The average Bonchev–Trinajstić information content (AvgIpc) is 3.19. The van der Waals surface area contributed by atoms with Gasteiger partial charge in [-0.1, -0.05) is 0 Å². The van der Waals surface area contributed by atoms with E-state index in [0.717, 1.165) is 55.6 Å². The molecule has 3 heterocycles. The number of carbonyl (C=O) groups excluding carboxylic acids is 2. The lowest BCUT2D eigenvalue weighted by Gasteiger charge is -2.24. The zero-order valence-electron chi connectivity index (χ0n) is 15.3. The Kier molecular flexibility index (Phi) is 4.70. The van der Waals surface area contributed by atoms with Crippen LogP contribution < -0.4 is 0 Å². The van der Waals surface area contributed by atoms with Crippen LogP contribution >= 0.6 is 0 Å². The summed E-state index contributed by atoms with van der Waals surface area (Å²) in [5.41, 5.74) is 2.58. The van der Waals surface area contributed by atoms with Crippen molar-refractivity contribution in [3.05, 3.63) is 23.0 Å². The average molecular weight is 331 g/mol. The molecule has 2 aliphatic heterocycles. The Bertz CT molecular complexity index is 649. The third-order valence-electron chi connectivity index (χ3n) is 5.72. The van der Waals surface area contributed by atoms with Crippen molar-refractivity contribution in [3.63, 3.8) is 0 Å². The van der Waals surface area contributed by atoms with Crippen molar-refractivity contribution in [1.29, 1.82) is 0 Å². The molecule has 0 bridgehead atoms. The fourth-order valence-electron chi connectivity index (χ4n) is 4.27. The van der Waals surface area contributed by atoms with Crippen molar-refractivity contribution in [2.24, 2.45) is 7.05 Å². The predicted molar refractivity (Wildman–Crippen MR) is 94.0 cm³/mol. The van der Waals surface area contributed by atoms with Crippen LogP contribution in [0.15, 0.2) is 6.20 Å². The molecular formula is C19H29N3O2. The molecule has 2 fully saturated rings. The van der Waals surface area contributed by atoms with E-state index < -0.39 is 0 Å². The highest BCUT2D eigenvalue weighted by molar-refractivity contribution is 5.98. The molecular weight excluding hydrogens is 302 g/mol. The molecule has 5 nitrogen and oxygen atoms in total. The summed E-state index contributed by atoms with van der Waals surface area (Å²) >= 11 is 0. The van der Waals surface area contributed by atoms with Gasteiger partial charge in [0.05, 0.1) is 12.0 Å². The van der Waals surface area contributed by atoms with E-state index in [1.54, 1.807) is 0 Å². The minimum atomic E-state index is 0.0929. The number of aryl methyl sites for hydroxylation is 2. The van der Waals surface area contributed by atoms with Crippen LogP contribution in [-0.2, 0) is 18.3 Å². The lowest BCUT2D eigenvalue weighted by atomic mass is 10.1. The van der Waals surface area contributed by atoms with E-state index in [4.69, 9.17) is 0 Å². The van der Waals surface area contributed by atoms with Crippen molar-refractivity contribution < 1.29 is 9.59 Å². The first kappa shape index (κ1) is 17.1. The number of rotatable bonds is 3. The van der Waals surface area contributed by atoms with Crippen LogP contribution in [0.25, 0.3) is 0 Å². The Balaban J connectivity index is 1.85. The smallest absolute Gasteiger partial charge is 0.256 e. The fraction of sp³-hybridized carbons (Fsp3) is 0.684. The zero-order chi connectivity index (χ0) is 17.4. The van der Waals surface area contributed by atoms with Crippen LogP contribution in [0.3, 0.4) is 0 Å². The van der Waals surface area contributed by atoms with E-state index in [1.807, 2.05) is 34.5 Å². The molecule has 0 radical (unpaired) electrons. The van der Waals surface area contributed by atoms with E-state index in [2.05, 4.69) is 13.8 Å². The molecule has 0 unspecified atom stereocenters. The summed E-state index contributed by atoms with van der Waals surface area (Å²) in [7, 11) is 1.94. The van der Waals surface area contributed by atoms with Crippen LogP contribution in [0.2, 0.25) is 0 Å². The summed E-state index contributed by atoms with van der Waals surface area (Å²) in [5, 5.41) is 0. The monoisotopic (exact) mass is 331 g/mol. The van der Waals surface area contributed by atoms with E-state index >= 15 is 0 Å². The van der Waals surface area contributed by atoms with Gasteiger partial charge < -0.3 is 14.4 Å². The predicted octanol–water partition coefficient (Wildman–Crippen LogP) is 2.51. The van der Waals surface area contributed by atoms with Crippen LogP contribution in [0.1, 0.15) is 61.1 Å². The summed E-state index contributed by atoms with van der Waals surface area (Å²) < 4.78 is 1.96. The highest BCUT2D eigenvalue weighted by atomic mass is 16.2. The Morgan fingerprint density at radius 2 is 1.67 bits per heavy atom. The minimum absolute atomic E-state index is 0.0929. The Morgan fingerprint density at radius 3 is 2.21 bits per heavy atom. The third kappa shape index (κ3) is 2.96. The maximum atomic E-state index is 13.1. The Labute approximate surface area is 144 Å². The number of likely N-dealkylation sites (tertiary alicyclic amines) is 2. The largest absolute Gasteiger partial charge is 0.353 e. The molecule has 132 valence electrons. The number of hydrogen-bond donors (Lipinski definition) is 0. The van der Waals surface area contributed by atoms with Gasteiger partial charge in [0, 0.05) is 44.1 Å². The lowest BCUT2D eigenvalue weighted by molar-refractivity contribution is -0.131. The second-order valence-electron chi connectivity index (χ2n) is 7.49. The van der Waals surface area contributed by atoms with Crippen LogP contribution in [0.4, 0.5) is 0 Å². The van der Waals surface area contributed by atoms with Crippen molar-refractivity contribution in [2.45, 2.75) is 65.0 Å². The first-order chi connectivity index (χ1) is 11.4. The second-order valence-corrected chi connectivity index (χ2v) is 7.49. The first-order valence-electron chi connectivity index (χ1n) is 9.15. The quantitative estimate of drug-likeness (QED) is 0.854. The molecule has 0 aromatic carbocycles. The molecule has 0 aliphatic carbocycles. The summed E-state index contributed by atoms with van der Waals surface area (Å²) in [6.07, 6.45) is 6.59. The van der Waals surface area contributed by atoms with Crippen LogP contribution in [-0.4, -0.2) is 51.4 Å². The SMILES string of the molecule is Cc1cn(C)c(CC(=O)N2CCC[C@H]2C)c1C(=O)N1CCC[C@H]1C. The molecule has 0 N–H and O–H groups in total. The number of amides is 2. The maximum absolute atomic E-state index is 13.1. The van der Waals surface area contributed by atoms with E-state index in [9.17, 15) is 9.59 Å². The van der Waals surface area contributed by atoms with Gasteiger partial charge in [0.1, 0.15) is 0 Å². The molecule has 2 amide bonds. The van der Waals surface area contributed by atoms with Crippen molar-refractivity contribution in [1.82, 2.24) is 14.4 Å². The molecule has 5 heteroatoms. The molecule has 1 aromatic rings. The Hall–Kier alpha value is -1.78. The van der Waals surface area contributed by atoms with Gasteiger partial charge in [-0.3, -0.25) is 9.59 Å². The topological polar surface area (TPSA) is 45.6 Å². The van der Waals surface area contributed by atoms with Gasteiger partial charge in [-0.05, 0) is 52.0 Å². The van der Waals surface area contributed by atoms with E-state index in [0.29, 0.717) is 18.5 Å². The molecule has 2 saturated heterocycles. The molecule has 2 aliphatic rings. The second kappa shape index (κ2) is 6.61. The van der Waals surface area contributed by atoms with Crippen molar-refractivity contribution in [2.75, 3.05) is 13.1 Å². The highest BCUT2D eigenvalue weighted by Crippen LogP contribution is 2.26. The summed E-state index contributed by atoms with van der Waals surface area (Å²) in [6.45, 7) is 7.86. The summed E-state index contributed by atoms with van der Waals surface area (Å²) in [5.74, 6) is 0.236. The van der Waals surface area contributed by atoms with Gasteiger partial charge in [0.25, 0.3) is 5.91 Å². The zero-order valence-corrected chi connectivity index (χ0v) is 15.3. The number of carbonyl (C=O) groups is 2. The fourth-order valence-corrected chi connectivity index (χ4v) is 4.27. The van der Waals surface area contributed by atoms with Gasteiger partial charge >= 0.3 is 0 Å². The van der Waals surface area contributed by atoms with Gasteiger partial charge in [-0.25, -0.2) is 0 Å². The van der Waals surface area contributed by atoms with Crippen molar-refractivity contribution >= 4 is 11.8 Å². The Morgan fingerprint density at radius 1 is 1.08 bits per heavy atom. The lowest BCUT2D eigenvalue weighted by Crippen LogP contribution is -2.37. The van der Waals surface area contributed by atoms with Gasteiger partial charge in [0.2, 0.25) is 5.91 Å². The minimum Gasteiger partial charge on any atom is -0.353 e. The normalized spacial score (nSPS) is 24.0. The number of hydrogen-bond acceptors (Lipinski definition) is 2. The van der Waals surface area contributed by atoms with Crippen LogP contribution in [0, 0.1) is 6.92 Å². The standard InChI is InChI=1S/C19H29N3O2/c1-13-12-20(4)16(11-17(23)21-9-5-7-14(21)2)18(13)19(24)22-10-6-8-15(22)3/h12,14-15H,5-11H2,1-4H3/t14-,15-/m1/s1. The van der Waals surface area contributed by atoms with Gasteiger partial charge in [-0.2, -0.15) is 0 Å². The number of aromatic nitrogens is 1. The third-order valence-corrected chi connectivity index (χ3v) is 5.72. The summed E-state index contributed by atoms with van der Waals surface area (Å²) in [6, 6.07) is 0.607. The van der Waals surface area contributed by atoms with E-state index in [-0.39, 0.29) is 11.8 Å². The van der Waals surface area contributed by atoms with Gasteiger partial charge in [0.15, 0.2) is 0 Å². The molecule has 0 saturated carbocycles. The molecule has 1 aromatic heterocycles. The number of nitrogens with zero attached hydrogens (tertiary/aromatic N) is 3. The highest BCUT2D eigenvalue weighted by Gasteiger charge is 2.32. The molecule has 0 spiro atoms. The summed E-state index contributed by atoms with van der Waals surface area (Å²) in [4.78, 5) is 29.7. The van der Waals surface area contributed by atoms with E-state index in [1.165, 1.54) is 0 Å². The van der Waals surface area contributed by atoms with Gasteiger partial charge in [-0.15, -0.1) is 0 Å².